The zero-order valence-corrected chi connectivity index (χ0v) is 18.2. The summed E-state index contributed by atoms with van der Waals surface area (Å²) in [5, 5.41) is 7.62. The van der Waals surface area contributed by atoms with Gasteiger partial charge in [0.05, 0.1) is 17.1 Å². The van der Waals surface area contributed by atoms with Gasteiger partial charge in [0, 0.05) is 42.2 Å². The molecule has 152 valence electrons. The van der Waals surface area contributed by atoms with Gasteiger partial charge in [-0.1, -0.05) is 35.5 Å². The minimum atomic E-state index is -0.0194. The number of nitrogens with zero attached hydrogens (tertiary/aromatic N) is 3. The topological polar surface area (TPSA) is 71.3 Å². The molecule has 3 aromatic rings. The molecule has 0 unspecified atom stereocenters. The molecule has 0 spiro atoms. The molecule has 2 aromatic heterocycles. The Bertz CT molecular complexity index is 964. The van der Waals surface area contributed by atoms with Crippen molar-refractivity contribution in [2.75, 3.05) is 17.6 Å². The summed E-state index contributed by atoms with van der Waals surface area (Å²) >= 11 is 3.15. The highest BCUT2D eigenvalue weighted by molar-refractivity contribution is 7.99. The van der Waals surface area contributed by atoms with Gasteiger partial charge in [0.25, 0.3) is 0 Å². The van der Waals surface area contributed by atoms with Gasteiger partial charge in [-0.2, -0.15) is 0 Å². The Morgan fingerprint density at radius 3 is 2.90 bits per heavy atom. The summed E-state index contributed by atoms with van der Waals surface area (Å²) < 4.78 is 5.16. The molecule has 0 fully saturated rings. The van der Waals surface area contributed by atoms with Gasteiger partial charge in [0.2, 0.25) is 5.91 Å². The summed E-state index contributed by atoms with van der Waals surface area (Å²) in [6.45, 7) is 6.65. The molecule has 8 heteroatoms. The third-order valence-corrected chi connectivity index (χ3v) is 6.92. The van der Waals surface area contributed by atoms with Crippen LogP contribution in [-0.2, 0) is 30.1 Å². The largest absolute Gasteiger partial charge is 0.361 e. The standard InChI is InChI=1S/C21H24N4O2S2/c1-14-17(15(2)27-24-14)12-28-13-20(26)23-21-22-18-8-9-25(11-19(18)29-21)10-16-6-4-3-5-7-16/h3-7H,8-13H2,1-2H3,(H,22,23,26). The first kappa shape index (κ1) is 20.1. The van der Waals surface area contributed by atoms with Crippen LogP contribution in [0.4, 0.5) is 5.13 Å². The minimum absolute atomic E-state index is 0.0194. The molecule has 0 aliphatic carbocycles. The van der Waals surface area contributed by atoms with Crippen molar-refractivity contribution in [3.63, 3.8) is 0 Å². The minimum Gasteiger partial charge on any atom is -0.361 e. The van der Waals surface area contributed by atoms with E-state index in [0.29, 0.717) is 10.9 Å². The first-order valence-corrected chi connectivity index (χ1v) is 11.6. The molecule has 1 aromatic carbocycles. The Morgan fingerprint density at radius 2 is 2.14 bits per heavy atom. The van der Waals surface area contributed by atoms with Crippen LogP contribution in [0.5, 0.6) is 0 Å². The van der Waals surface area contributed by atoms with Crippen molar-refractivity contribution in [3.05, 3.63) is 63.5 Å². The molecule has 3 heterocycles. The maximum absolute atomic E-state index is 12.3. The summed E-state index contributed by atoms with van der Waals surface area (Å²) in [6.07, 6.45) is 0.926. The van der Waals surface area contributed by atoms with E-state index in [4.69, 9.17) is 4.52 Å². The summed E-state index contributed by atoms with van der Waals surface area (Å²) in [4.78, 5) is 20.6. The van der Waals surface area contributed by atoms with Crippen molar-refractivity contribution in [3.8, 4) is 0 Å². The van der Waals surface area contributed by atoms with Crippen molar-refractivity contribution >= 4 is 34.1 Å². The number of amides is 1. The second-order valence-electron chi connectivity index (χ2n) is 7.18. The molecule has 4 rings (SSSR count). The number of anilines is 1. The van der Waals surface area contributed by atoms with Crippen molar-refractivity contribution in [1.82, 2.24) is 15.0 Å². The van der Waals surface area contributed by atoms with E-state index in [1.165, 1.54) is 10.4 Å². The molecule has 0 bridgehead atoms. The fourth-order valence-corrected chi connectivity index (χ4v) is 5.43. The van der Waals surface area contributed by atoms with Crippen molar-refractivity contribution in [1.29, 1.82) is 0 Å². The molecule has 0 saturated heterocycles. The van der Waals surface area contributed by atoms with Gasteiger partial charge in [-0.3, -0.25) is 9.69 Å². The number of thioether (sulfide) groups is 1. The number of carbonyl (C=O) groups excluding carboxylic acids is 1. The van der Waals surface area contributed by atoms with Crippen LogP contribution in [0.25, 0.3) is 0 Å². The summed E-state index contributed by atoms with van der Waals surface area (Å²) in [6, 6.07) is 10.5. The number of aromatic nitrogens is 2. The van der Waals surface area contributed by atoms with E-state index in [1.54, 1.807) is 23.1 Å². The van der Waals surface area contributed by atoms with Gasteiger partial charge in [0.15, 0.2) is 5.13 Å². The number of benzene rings is 1. The average Bonchev–Trinajstić information content (AvgIpc) is 3.25. The molecular formula is C21H24N4O2S2. The third kappa shape index (κ3) is 5.07. The van der Waals surface area contributed by atoms with E-state index in [-0.39, 0.29) is 5.91 Å². The monoisotopic (exact) mass is 428 g/mol. The number of rotatable bonds is 7. The smallest absolute Gasteiger partial charge is 0.236 e. The SMILES string of the molecule is Cc1noc(C)c1CSCC(=O)Nc1nc2c(s1)CN(Cc1ccccc1)CC2. The lowest BCUT2D eigenvalue weighted by Crippen LogP contribution is -2.29. The van der Waals surface area contributed by atoms with Gasteiger partial charge in [-0.05, 0) is 19.4 Å². The first-order valence-electron chi connectivity index (χ1n) is 9.62. The zero-order valence-electron chi connectivity index (χ0n) is 16.6. The van der Waals surface area contributed by atoms with E-state index in [1.807, 2.05) is 19.9 Å². The molecular weight excluding hydrogens is 404 g/mol. The van der Waals surface area contributed by atoms with E-state index in [2.05, 4.69) is 44.6 Å². The lowest BCUT2D eigenvalue weighted by molar-refractivity contribution is -0.113. The quantitative estimate of drug-likeness (QED) is 0.609. The van der Waals surface area contributed by atoms with Gasteiger partial charge in [-0.15, -0.1) is 23.1 Å². The van der Waals surface area contributed by atoms with E-state index in [9.17, 15) is 4.79 Å². The third-order valence-electron chi connectivity index (χ3n) is 4.97. The molecule has 0 saturated carbocycles. The first-order chi connectivity index (χ1) is 14.1. The van der Waals surface area contributed by atoms with Crippen LogP contribution < -0.4 is 5.32 Å². The van der Waals surface area contributed by atoms with Gasteiger partial charge < -0.3 is 9.84 Å². The Kier molecular flexibility index (Phi) is 6.32. The predicted molar refractivity (Wildman–Crippen MR) is 117 cm³/mol. The molecule has 6 nitrogen and oxygen atoms in total. The Balaban J connectivity index is 1.28. The Hall–Kier alpha value is -2.16. The number of carbonyl (C=O) groups is 1. The van der Waals surface area contributed by atoms with Crippen LogP contribution in [0.3, 0.4) is 0 Å². The second kappa shape index (κ2) is 9.11. The van der Waals surface area contributed by atoms with Crippen LogP contribution in [0.1, 0.15) is 33.2 Å². The highest BCUT2D eigenvalue weighted by atomic mass is 32.2. The van der Waals surface area contributed by atoms with Gasteiger partial charge in [0.1, 0.15) is 5.76 Å². The summed E-state index contributed by atoms with van der Waals surface area (Å²) in [5.74, 6) is 1.91. The molecule has 1 aliphatic rings. The molecule has 1 amide bonds. The van der Waals surface area contributed by atoms with Crippen LogP contribution in [0.2, 0.25) is 0 Å². The molecule has 1 aliphatic heterocycles. The maximum atomic E-state index is 12.3. The number of thiazole rings is 1. The number of nitrogens with one attached hydrogen (secondary N) is 1. The lowest BCUT2D eigenvalue weighted by Gasteiger charge is -2.25. The lowest BCUT2D eigenvalue weighted by atomic mass is 10.1. The zero-order chi connectivity index (χ0) is 20.2. The fourth-order valence-electron chi connectivity index (χ4n) is 3.39. The van der Waals surface area contributed by atoms with Crippen LogP contribution in [0, 0.1) is 13.8 Å². The second-order valence-corrected chi connectivity index (χ2v) is 9.25. The Labute approximate surface area is 178 Å². The van der Waals surface area contributed by atoms with Gasteiger partial charge in [-0.25, -0.2) is 4.98 Å². The Morgan fingerprint density at radius 1 is 1.31 bits per heavy atom. The summed E-state index contributed by atoms with van der Waals surface area (Å²) in [7, 11) is 0. The van der Waals surface area contributed by atoms with Crippen molar-refractivity contribution in [2.45, 2.75) is 39.1 Å². The maximum Gasteiger partial charge on any atom is 0.236 e. The van der Waals surface area contributed by atoms with Crippen LogP contribution in [-0.4, -0.2) is 33.2 Å². The molecule has 29 heavy (non-hydrogen) atoms. The normalized spacial score (nSPS) is 14.0. The van der Waals surface area contributed by atoms with Gasteiger partial charge >= 0.3 is 0 Å². The highest BCUT2D eigenvalue weighted by Crippen LogP contribution is 2.29. The molecule has 1 N–H and O–H groups in total. The predicted octanol–water partition coefficient (Wildman–Crippen LogP) is 4.18. The number of hydrogen-bond acceptors (Lipinski definition) is 7. The average molecular weight is 429 g/mol. The van der Waals surface area contributed by atoms with Crippen molar-refractivity contribution < 1.29 is 9.32 Å². The number of hydrogen-bond donors (Lipinski definition) is 1. The molecule has 0 atom stereocenters. The fraction of sp³-hybridized carbons (Fsp3) is 0.381. The highest BCUT2D eigenvalue weighted by Gasteiger charge is 2.21. The molecule has 0 radical (unpaired) electrons. The summed E-state index contributed by atoms with van der Waals surface area (Å²) in [5.41, 5.74) is 4.41. The number of fused-ring (bicyclic) bond motifs is 1. The van der Waals surface area contributed by atoms with Crippen LogP contribution >= 0.6 is 23.1 Å². The van der Waals surface area contributed by atoms with E-state index >= 15 is 0 Å². The van der Waals surface area contributed by atoms with E-state index < -0.39 is 0 Å². The number of aryl methyl sites for hydroxylation is 2. The van der Waals surface area contributed by atoms with Crippen LogP contribution in [0.15, 0.2) is 34.9 Å². The van der Waals surface area contributed by atoms with Crippen molar-refractivity contribution in [2.24, 2.45) is 0 Å². The van der Waals surface area contributed by atoms with E-state index in [0.717, 1.165) is 54.5 Å².